The van der Waals surface area contributed by atoms with Crippen molar-refractivity contribution < 1.29 is 15.0 Å². The van der Waals surface area contributed by atoms with Gasteiger partial charge in [-0.2, -0.15) is 0 Å². The van der Waals surface area contributed by atoms with Crippen LogP contribution in [0.4, 0.5) is 0 Å². The average molecular weight is 184 g/mol. The van der Waals surface area contributed by atoms with Crippen LogP contribution >= 0.6 is 0 Å². The molecule has 0 aliphatic rings. The van der Waals surface area contributed by atoms with Crippen LogP contribution in [0.2, 0.25) is 0 Å². The van der Waals surface area contributed by atoms with Gasteiger partial charge in [0.2, 0.25) is 0 Å². The summed E-state index contributed by atoms with van der Waals surface area (Å²) in [5, 5.41) is 12.0. The topological polar surface area (TPSA) is 40.5 Å². The molecule has 0 aliphatic heterocycles. The van der Waals surface area contributed by atoms with Gasteiger partial charge in [-0.1, -0.05) is 30.3 Å². The minimum atomic E-state index is 0.990. The molecule has 0 atom stereocenters. The van der Waals surface area contributed by atoms with Crippen LogP contribution < -0.4 is 0 Å². The van der Waals surface area contributed by atoms with Gasteiger partial charge in [0.1, 0.15) is 6.54 Å². The van der Waals surface area contributed by atoms with Crippen LogP contribution in [0.25, 0.3) is 0 Å². The predicted molar refractivity (Wildman–Crippen MR) is 53.4 cm³/mol. The fraction of sp³-hybridized carbons (Fsp3) is 0.400. The van der Waals surface area contributed by atoms with E-state index in [4.69, 9.17) is 10.5 Å². The second-order valence-corrected chi connectivity index (χ2v) is 3.93. The van der Waals surface area contributed by atoms with Gasteiger partial charge in [-0.3, -0.25) is 10.5 Å². The molecule has 3 heteroatoms. The first-order valence-corrected chi connectivity index (χ1v) is 4.12. The lowest BCUT2D eigenvalue weighted by Crippen LogP contribution is -2.33. The highest BCUT2D eigenvalue weighted by Crippen LogP contribution is 2.04. The number of hydrogen-bond acceptors (Lipinski definition) is 2. The third kappa shape index (κ3) is 6.28. The van der Waals surface area contributed by atoms with E-state index < -0.39 is 0 Å². The van der Waals surface area contributed by atoms with Crippen molar-refractivity contribution in [1.29, 1.82) is 0 Å². The summed E-state index contributed by atoms with van der Waals surface area (Å²) in [6.07, 6.45) is 0. The first-order chi connectivity index (χ1) is 6.08. The highest BCUT2D eigenvalue weighted by Gasteiger charge is 2.06. The minimum absolute atomic E-state index is 0.990. The second kappa shape index (κ2) is 5.70. The molecular weight excluding hydrogens is 166 g/mol. The van der Waals surface area contributed by atoms with Crippen molar-refractivity contribution in [3.8, 4) is 0 Å². The first kappa shape index (κ1) is 12.1. The second-order valence-electron chi connectivity index (χ2n) is 3.93. The van der Waals surface area contributed by atoms with Gasteiger partial charge in [0, 0.05) is 5.56 Å². The smallest absolute Gasteiger partial charge is 0.104 e. The lowest BCUT2D eigenvalue weighted by molar-refractivity contribution is -0.884. The SMILES string of the molecule is C[N+](C)(C)Cc1ccccc1.OO. The van der Waals surface area contributed by atoms with E-state index in [1.807, 2.05) is 0 Å². The highest BCUT2D eigenvalue weighted by molar-refractivity contribution is 5.13. The van der Waals surface area contributed by atoms with E-state index in [-0.39, 0.29) is 0 Å². The van der Waals surface area contributed by atoms with E-state index in [0.29, 0.717) is 0 Å². The monoisotopic (exact) mass is 184 g/mol. The molecule has 0 aromatic heterocycles. The van der Waals surface area contributed by atoms with E-state index in [1.165, 1.54) is 5.56 Å². The molecule has 1 rings (SSSR count). The molecule has 0 radical (unpaired) electrons. The van der Waals surface area contributed by atoms with Crippen LogP contribution in [0.3, 0.4) is 0 Å². The molecule has 0 saturated heterocycles. The Kier molecular flexibility index (Phi) is 5.30. The fourth-order valence-electron chi connectivity index (χ4n) is 1.13. The predicted octanol–water partition coefficient (Wildman–Crippen LogP) is 1.91. The van der Waals surface area contributed by atoms with E-state index in [2.05, 4.69) is 51.5 Å². The maximum atomic E-state index is 6.00. The van der Waals surface area contributed by atoms with E-state index >= 15 is 0 Å². The molecule has 3 nitrogen and oxygen atoms in total. The molecule has 2 N–H and O–H groups in total. The van der Waals surface area contributed by atoms with Crippen molar-refractivity contribution in [1.82, 2.24) is 0 Å². The van der Waals surface area contributed by atoms with Crippen LogP contribution in [-0.2, 0) is 6.54 Å². The fourth-order valence-corrected chi connectivity index (χ4v) is 1.13. The normalized spacial score (nSPS) is 10.2. The zero-order valence-corrected chi connectivity index (χ0v) is 8.44. The van der Waals surface area contributed by atoms with Crippen molar-refractivity contribution in [2.45, 2.75) is 6.54 Å². The average Bonchev–Trinajstić information content (AvgIpc) is 2.07. The van der Waals surface area contributed by atoms with E-state index in [1.54, 1.807) is 0 Å². The third-order valence-corrected chi connectivity index (χ3v) is 1.50. The van der Waals surface area contributed by atoms with Gasteiger partial charge in [0.25, 0.3) is 0 Å². The Labute approximate surface area is 79.4 Å². The first-order valence-electron chi connectivity index (χ1n) is 4.12. The summed E-state index contributed by atoms with van der Waals surface area (Å²) in [6, 6.07) is 10.6. The van der Waals surface area contributed by atoms with Gasteiger partial charge >= 0.3 is 0 Å². The number of nitrogens with zero attached hydrogens (tertiary/aromatic N) is 1. The summed E-state index contributed by atoms with van der Waals surface area (Å²) in [5.41, 5.74) is 1.40. The Morgan fingerprint density at radius 2 is 1.46 bits per heavy atom. The Morgan fingerprint density at radius 1 is 1.00 bits per heavy atom. The van der Waals surface area contributed by atoms with Crippen molar-refractivity contribution >= 4 is 0 Å². The summed E-state index contributed by atoms with van der Waals surface area (Å²) in [4.78, 5) is 0. The van der Waals surface area contributed by atoms with Gasteiger partial charge in [-0.15, -0.1) is 0 Å². The van der Waals surface area contributed by atoms with Gasteiger partial charge in [-0.05, 0) is 0 Å². The molecule has 0 fully saturated rings. The van der Waals surface area contributed by atoms with Crippen LogP contribution in [0.5, 0.6) is 0 Å². The number of hydrogen-bond donors (Lipinski definition) is 2. The lowest BCUT2D eigenvalue weighted by atomic mass is 10.2. The summed E-state index contributed by atoms with van der Waals surface area (Å²) in [7, 11) is 6.60. The van der Waals surface area contributed by atoms with Crippen LogP contribution in [0.15, 0.2) is 30.3 Å². The lowest BCUT2D eigenvalue weighted by Gasteiger charge is -2.23. The zero-order valence-electron chi connectivity index (χ0n) is 8.44. The van der Waals surface area contributed by atoms with Gasteiger partial charge in [-0.25, -0.2) is 0 Å². The molecule has 0 heterocycles. The van der Waals surface area contributed by atoms with E-state index in [9.17, 15) is 0 Å². The third-order valence-electron chi connectivity index (χ3n) is 1.50. The Balaban J connectivity index is 0.000000671. The maximum absolute atomic E-state index is 6.00. The van der Waals surface area contributed by atoms with Crippen molar-refractivity contribution in [3.63, 3.8) is 0 Å². The number of benzene rings is 1. The molecule has 0 spiro atoms. The summed E-state index contributed by atoms with van der Waals surface area (Å²) >= 11 is 0. The summed E-state index contributed by atoms with van der Waals surface area (Å²) in [6.45, 7) is 1.10. The highest BCUT2D eigenvalue weighted by atomic mass is 17.0. The van der Waals surface area contributed by atoms with Crippen molar-refractivity contribution in [3.05, 3.63) is 35.9 Å². The van der Waals surface area contributed by atoms with Crippen molar-refractivity contribution in [2.24, 2.45) is 0 Å². The molecule has 0 bridgehead atoms. The minimum Gasteiger partial charge on any atom is -0.327 e. The van der Waals surface area contributed by atoms with Gasteiger partial charge in [0.15, 0.2) is 0 Å². The Morgan fingerprint density at radius 3 is 1.85 bits per heavy atom. The molecule has 0 amide bonds. The van der Waals surface area contributed by atoms with Gasteiger partial charge < -0.3 is 4.48 Å². The van der Waals surface area contributed by atoms with Crippen molar-refractivity contribution in [2.75, 3.05) is 21.1 Å². The van der Waals surface area contributed by atoms with E-state index in [0.717, 1.165) is 11.0 Å². The molecular formula is C10H18NO2+. The maximum Gasteiger partial charge on any atom is 0.104 e. The molecule has 13 heavy (non-hydrogen) atoms. The summed E-state index contributed by atoms with van der Waals surface area (Å²) < 4.78 is 0.990. The zero-order chi connectivity index (χ0) is 10.3. The molecule has 1 aromatic carbocycles. The number of rotatable bonds is 2. The molecule has 0 aliphatic carbocycles. The summed E-state index contributed by atoms with van der Waals surface area (Å²) in [5.74, 6) is 0. The molecule has 0 unspecified atom stereocenters. The quantitative estimate of drug-likeness (QED) is 0.419. The Hall–Kier alpha value is -0.900. The van der Waals surface area contributed by atoms with Crippen LogP contribution in [0, 0.1) is 0 Å². The standard InChI is InChI=1S/C10H16N.H2O2/c1-11(2,3)9-10-7-5-4-6-8-10;1-2/h4-8H,9H2,1-3H3;1-2H/q+1;. The Bertz CT molecular complexity index is 216. The molecule has 1 aromatic rings. The van der Waals surface area contributed by atoms with Crippen LogP contribution in [0.1, 0.15) is 5.56 Å². The number of quaternary nitrogens is 1. The molecule has 0 saturated carbocycles. The van der Waals surface area contributed by atoms with Crippen LogP contribution in [-0.4, -0.2) is 36.1 Å². The largest absolute Gasteiger partial charge is 0.327 e. The van der Waals surface area contributed by atoms with Gasteiger partial charge in [0.05, 0.1) is 21.1 Å². The molecule has 74 valence electrons.